The molecule has 3 rings (SSSR count). The van der Waals surface area contributed by atoms with Gasteiger partial charge in [0, 0.05) is 6.92 Å². The minimum absolute atomic E-state index is 0.0755. The van der Waals surface area contributed by atoms with E-state index in [0.29, 0.717) is 6.61 Å². The van der Waals surface area contributed by atoms with Crippen molar-refractivity contribution < 1.29 is 14.3 Å². The average molecular weight is 303 g/mol. The zero-order valence-corrected chi connectivity index (χ0v) is 13.2. The number of esters is 1. The van der Waals surface area contributed by atoms with Crippen molar-refractivity contribution >= 4 is 17.0 Å². The summed E-state index contributed by atoms with van der Waals surface area (Å²) >= 11 is 0. The largest absolute Gasteiger partial charge is 0.463 e. The maximum absolute atomic E-state index is 10.9. The number of carbonyl (C=O) groups excluding carboxylic acids is 1. The maximum atomic E-state index is 10.9. The molecule has 2 heterocycles. The SMILES string of the molecule is CC(=O)OC[C@H]1CCC[C@@H](n2nnc3cc(C)c(C)cc32)O1. The summed E-state index contributed by atoms with van der Waals surface area (Å²) in [6.45, 7) is 5.87. The maximum Gasteiger partial charge on any atom is 0.302 e. The molecule has 0 N–H and O–H groups in total. The van der Waals surface area contributed by atoms with Crippen molar-refractivity contribution in [2.24, 2.45) is 0 Å². The van der Waals surface area contributed by atoms with Gasteiger partial charge in [0.25, 0.3) is 0 Å². The van der Waals surface area contributed by atoms with Crippen LogP contribution in [0.4, 0.5) is 0 Å². The average Bonchev–Trinajstić information content (AvgIpc) is 2.89. The molecule has 1 aliphatic rings. The van der Waals surface area contributed by atoms with Crippen molar-refractivity contribution in [2.45, 2.75) is 52.4 Å². The highest BCUT2D eigenvalue weighted by molar-refractivity contribution is 5.76. The lowest BCUT2D eigenvalue weighted by Crippen LogP contribution is -2.30. The van der Waals surface area contributed by atoms with Crippen molar-refractivity contribution in [3.8, 4) is 0 Å². The predicted octanol–water partition coefficient (Wildman–Crippen LogP) is 2.68. The zero-order chi connectivity index (χ0) is 15.7. The highest BCUT2D eigenvalue weighted by Gasteiger charge is 2.26. The number of hydrogen-bond acceptors (Lipinski definition) is 5. The number of benzene rings is 1. The fourth-order valence-corrected chi connectivity index (χ4v) is 2.80. The summed E-state index contributed by atoms with van der Waals surface area (Å²) in [5, 5.41) is 8.51. The van der Waals surface area contributed by atoms with Gasteiger partial charge in [0.05, 0.1) is 11.6 Å². The topological polar surface area (TPSA) is 66.2 Å². The van der Waals surface area contributed by atoms with Gasteiger partial charge in [0.15, 0.2) is 6.23 Å². The molecular formula is C16H21N3O3. The molecule has 1 fully saturated rings. The smallest absolute Gasteiger partial charge is 0.302 e. The van der Waals surface area contributed by atoms with Gasteiger partial charge in [-0.05, 0) is 56.4 Å². The summed E-state index contributed by atoms with van der Waals surface area (Å²) in [5.74, 6) is -0.275. The van der Waals surface area contributed by atoms with Crippen LogP contribution < -0.4 is 0 Å². The van der Waals surface area contributed by atoms with E-state index in [9.17, 15) is 4.79 Å². The lowest BCUT2D eigenvalue weighted by molar-refractivity contribution is -0.154. The van der Waals surface area contributed by atoms with Gasteiger partial charge < -0.3 is 9.47 Å². The third-order valence-corrected chi connectivity index (χ3v) is 4.16. The molecule has 6 heteroatoms. The third-order valence-electron chi connectivity index (χ3n) is 4.16. The normalized spacial score (nSPS) is 22.0. The number of fused-ring (bicyclic) bond motifs is 1. The van der Waals surface area contributed by atoms with E-state index in [4.69, 9.17) is 9.47 Å². The molecule has 118 valence electrons. The Morgan fingerprint density at radius 2 is 2.14 bits per heavy atom. The summed E-state index contributed by atoms with van der Waals surface area (Å²) in [5.41, 5.74) is 4.29. The van der Waals surface area contributed by atoms with Gasteiger partial charge in [-0.15, -0.1) is 5.10 Å². The monoisotopic (exact) mass is 303 g/mol. The van der Waals surface area contributed by atoms with E-state index in [1.807, 2.05) is 10.7 Å². The molecule has 1 aromatic carbocycles. The Kier molecular flexibility index (Phi) is 4.11. The Bertz CT molecular complexity index is 695. The fourth-order valence-electron chi connectivity index (χ4n) is 2.80. The van der Waals surface area contributed by atoms with E-state index >= 15 is 0 Å². The van der Waals surface area contributed by atoms with E-state index < -0.39 is 0 Å². The molecule has 0 unspecified atom stereocenters. The van der Waals surface area contributed by atoms with Crippen LogP contribution >= 0.6 is 0 Å². The molecule has 0 amide bonds. The Morgan fingerprint density at radius 3 is 2.91 bits per heavy atom. The number of nitrogens with zero attached hydrogens (tertiary/aromatic N) is 3. The van der Waals surface area contributed by atoms with E-state index in [2.05, 4.69) is 30.2 Å². The molecule has 2 aromatic rings. The van der Waals surface area contributed by atoms with Crippen LogP contribution in [0.3, 0.4) is 0 Å². The quantitative estimate of drug-likeness (QED) is 0.816. The molecule has 1 saturated heterocycles. The predicted molar refractivity (Wildman–Crippen MR) is 81.4 cm³/mol. The van der Waals surface area contributed by atoms with E-state index in [1.165, 1.54) is 18.1 Å². The Hall–Kier alpha value is -1.95. The number of hydrogen-bond donors (Lipinski definition) is 0. The number of rotatable bonds is 3. The summed E-state index contributed by atoms with van der Waals surface area (Å²) in [6.07, 6.45) is 2.58. The highest BCUT2D eigenvalue weighted by Crippen LogP contribution is 2.29. The van der Waals surface area contributed by atoms with Crippen molar-refractivity contribution in [2.75, 3.05) is 6.61 Å². The minimum atomic E-state index is -0.275. The summed E-state index contributed by atoms with van der Waals surface area (Å²) < 4.78 is 13.0. The minimum Gasteiger partial charge on any atom is -0.463 e. The summed E-state index contributed by atoms with van der Waals surface area (Å²) in [6, 6.07) is 4.15. The number of carbonyl (C=O) groups is 1. The second-order valence-electron chi connectivity index (χ2n) is 5.91. The Balaban J connectivity index is 1.81. The van der Waals surface area contributed by atoms with Crippen LogP contribution in [0.1, 0.15) is 43.5 Å². The molecular weight excluding hydrogens is 282 g/mol. The van der Waals surface area contributed by atoms with Crippen molar-refractivity contribution in [3.63, 3.8) is 0 Å². The summed E-state index contributed by atoms with van der Waals surface area (Å²) in [7, 11) is 0. The number of ether oxygens (including phenoxy) is 2. The van der Waals surface area contributed by atoms with Crippen LogP contribution in [0, 0.1) is 13.8 Å². The molecule has 0 aliphatic carbocycles. The summed E-state index contributed by atoms with van der Waals surface area (Å²) in [4.78, 5) is 10.9. The Morgan fingerprint density at radius 1 is 1.36 bits per heavy atom. The molecule has 1 aliphatic heterocycles. The molecule has 0 radical (unpaired) electrons. The van der Waals surface area contributed by atoms with Gasteiger partial charge in [-0.25, -0.2) is 4.68 Å². The molecule has 2 atom stereocenters. The van der Waals surface area contributed by atoms with E-state index in [-0.39, 0.29) is 18.3 Å². The lowest BCUT2D eigenvalue weighted by Gasteiger charge is -2.29. The highest BCUT2D eigenvalue weighted by atomic mass is 16.6. The molecule has 6 nitrogen and oxygen atoms in total. The molecule has 22 heavy (non-hydrogen) atoms. The van der Waals surface area contributed by atoms with E-state index in [0.717, 1.165) is 30.3 Å². The second kappa shape index (κ2) is 6.04. The van der Waals surface area contributed by atoms with Crippen LogP contribution in [0.5, 0.6) is 0 Å². The standard InChI is InChI=1S/C16H21N3O3/c1-10-7-14-15(8-11(10)2)19(18-17-14)16-6-4-5-13(22-16)9-21-12(3)20/h7-8,13,16H,4-6,9H2,1-3H3/t13-,16+/m1/s1. The Labute approximate surface area is 129 Å². The van der Waals surface area contributed by atoms with Crippen molar-refractivity contribution in [1.82, 2.24) is 15.0 Å². The van der Waals surface area contributed by atoms with Gasteiger partial charge in [-0.1, -0.05) is 5.21 Å². The molecule has 0 bridgehead atoms. The van der Waals surface area contributed by atoms with Gasteiger partial charge in [-0.3, -0.25) is 4.79 Å². The second-order valence-corrected chi connectivity index (χ2v) is 5.91. The van der Waals surface area contributed by atoms with Crippen LogP contribution in [0.25, 0.3) is 11.0 Å². The van der Waals surface area contributed by atoms with Gasteiger partial charge >= 0.3 is 5.97 Å². The van der Waals surface area contributed by atoms with Crippen molar-refractivity contribution in [3.05, 3.63) is 23.3 Å². The van der Waals surface area contributed by atoms with Gasteiger partial charge in [0.2, 0.25) is 0 Å². The van der Waals surface area contributed by atoms with Gasteiger partial charge in [0.1, 0.15) is 12.1 Å². The van der Waals surface area contributed by atoms with Crippen molar-refractivity contribution in [1.29, 1.82) is 0 Å². The molecule has 1 aromatic heterocycles. The first-order chi connectivity index (χ1) is 10.5. The number of aromatic nitrogens is 3. The van der Waals surface area contributed by atoms with E-state index in [1.54, 1.807) is 0 Å². The third kappa shape index (κ3) is 2.97. The zero-order valence-electron chi connectivity index (χ0n) is 13.2. The van der Waals surface area contributed by atoms with Crippen LogP contribution in [-0.2, 0) is 14.3 Å². The molecule has 0 saturated carbocycles. The first kappa shape index (κ1) is 15.0. The fraction of sp³-hybridized carbons (Fsp3) is 0.562. The van der Waals surface area contributed by atoms with Crippen LogP contribution in [-0.4, -0.2) is 33.7 Å². The number of aryl methyl sites for hydroxylation is 2. The van der Waals surface area contributed by atoms with Gasteiger partial charge in [-0.2, -0.15) is 0 Å². The lowest BCUT2D eigenvalue weighted by atomic mass is 10.1. The first-order valence-corrected chi connectivity index (χ1v) is 7.65. The molecule has 0 spiro atoms. The first-order valence-electron chi connectivity index (χ1n) is 7.65. The van der Waals surface area contributed by atoms with Crippen LogP contribution in [0.2, 0.25) is 0 Å². The van der Waals surface area contributed by atoms with Crippen LogP contribution in [0.15, 0.2) is 12.1 Å².